The highest BCUT2D eigenvalue weighted by molar-refractivity contribution is 5.46. The molecule has 0 bridgehead atoms. The van der Waals surface area contributed by atoms with Gasteiger partial charge >= 0.3 is 0 Å². The van der Waals surface area contributed by atoms with Crippen molar-refractivity contribution in [1.29, 1.82) is 0 Å². The van der Waals surface area contributed by atoms with E-state index in [-0.39, 0.29) is 6.10 Å². The zero-order chi connectivity index (χ0) is 14.5. The Morgan fingerprint density at radius 1 is 1.24 bits per heavy atom. The molecule has 3 rings (SSSR count). The lowest BCUT2D eigenvalue weighted by Gasteiger charge is -2.20. The molecule has 116 valence electrons. The van der Waals surface area contributed by atoms with Crippen LogP contribution in [0.15, 0.2) is 6.33 Å². The molecule has 21 heavy (non-hydrogen) atoms. The molecule has 1 fully saturated rings. The molecule has 6 nitrogen and oxygen atoms in total. The summed E-state index contributed by atoms with van der Waals surface area (Å²) in [5.74, 6) is 0.893. The van der Waals surface area contributed by atoms with Crippen molar-refractivity contribution in [2.75, 3.05) is 44.6 Å². The standard InChI is InChI=1S/C15H25N5O/c21-12(10-20-7-1-2-8-20)9-17-15-13-3-5-16-6-4-14(13)18-11-19-15/h11-12,16,21H,1-10H2,(H,17,18,19)/t12-/m1/s1. The molecular weight excluding hydrogens is 266 g/mol. The molecule has 0 aromatic carbocycles. The number of hydrogen-bond acceptors (Lipinski definition) is 6. The summed E-state index contributed by atoms with van der Waals surface area (Å²) in [6.07, 6.45) is 5.68. The van der Waals surface area contributed by atoms with Gasteiger partial charge in [-0.2, -0.15) is 0 Å². The van der Waals surface area contributed by atoms with E-state index in [9.17, 15) is 5.11 Å². The van der Waals surface area contributed by atoms with E-state index in [0.717, 1.165) is 57.1 Å². The monoisotopic (exact) mass is 291 g/mol. The number of aliphatic hydroxyl groups excluding tert-OH is 1. The summed E-state index contributed by atoms with van der Waals surface area (Å²) in [5.41, 5.74) is 2.34. The Kier molecular flexibility index (Phi) is 5.00. The predicted octanol–water partition coefficient (Wildman–Crippen LogP) is 0.0334. The van der Waals surface area contributed by atoms with Crippen molar-refractivity contribution in [3.05, 3.63) is 17.6 Å². The summed E-state index contributed by atoms with van der Waals surface area (Å²) < 4.78 is 0. The van der Waals surface area contributed by atoms with Crippen LogP contribution in [0.1, 0.15) is 24.1 Å². The predicted molar refractivity (Wildman–Crippen MR) is 82.5 cm³/mol. The van der Waals surface area contributed by atoms with Crippen molar-refractivity contribution in [1.82, 2.24) is 20.2 Å². The Balaban J connectivity index is 1.57. The quantitative estimate of drug-likeness (QED) is 0.711. The minimum Gasteiger partial charge on any atom is -0.390 e. The smallest absolute Gasteiger partial charge is 0.132 e. The molecule has 0 radical (unpaired) electrons. The summed E-state index contributed by atoms with van der Waals surface area (Å²) in [7, 11) is 0. The Labute approximate surface area is 126 Å². The number of hydrogen-bond donors (Lipinski definition) is 3. The first kappa shape index (κ1) is 14.7. The molecule has 1 aromatic heterocycles. The van der Waals surface area contributed by atoms with E-state index in [4.69, 9.17) is 0 Å². The highest BCUT2D eigenvalue weighted by Gasteiger charge is 2.17. The van der Waals surface area contributed by atoms with Gasteiger partial charge < -0.3 is 20.6 Å². The number of likely N-dealkylation sites (tertiary alicyclic amines) is 1. The zero-order valence-corrected chi connectivity index (χ0v) is 12.5. The number of nitrogens with one attached hydrogen (secondary N) is 2. The maximum Gasteiger partial charge on any atom is 0.132 e. The van der Waals surface area contributed by atoms with Gasteiger partial charge in [-0.05, 0) is 38.9 Å². The summed E-state index contributed by atoms with van der Waals surface area (Å²) in [5, 5.41) is 16.9. The average Bonchev–Trinajstić information content (AvgIpc) is 2.87. The van der Waals surface area contributed by atoms with Crippen LogP contribution in [-0.2, 0) is 12.8 Å². The van der Waals surface area contributed by atoms with Gasteiger partial charge in [0.05, 0.1) is 11.8 Å². The Morgan fingerprint density at radius 2 is 2.05 bits per heavy atom. The minimum absolute atomic E-state index is 0.349. The van der Waals surface area contributed by atoms with Gasteiger partial charge in [-0.15, -0.1) is 0 Å². The van der Waals surface area contributed by atoms with Crippen molar-refractivity contribution in [3.63, 3.8) is 0 Å². The number of β-amino-alcohol motifs (C(OH)–C–C–N with tert-alkyl or cyclic N) is 1. The van der Waals surface area contributed by atoms with Crippen molar-refractivity contribution in [2.24, 2.45) is 0 Å². The van der Waals surface area contributed by atoms with E-state index in [1.165, 1.54) is 18.4 Å². The highest BCUT2D eigenvalue weighted by Crippen LogP contribution is 2.18. The molecule has 1 aromatic rings. The van der Waals surface area contributed by atoms with Crippen LogP contribution in [0.5, 0.6) is 0 Å². The second-order valence-electron chi connectivity index (χ2n) is 5.94. The van der Waals surface area contributed by atoms with Crippen LogP contribution in [0.25, 0.3) is 0 Å². The molecular formula is C15H25N5O. The van der Waals surface area contributed by atoms with Crippen LogP contribution in [-0.4, -0.2) is 65.3 Å². The average molecular weight is 291 g/mol. The summed E-state index contributed by atoms with van der Waals surface area (Å²) in [6, 6.07) is 0. The SMILES string of the molecule is O[C@H](CNc1ncnc2c1CCNCC2)CN1CCCC1. The molecule has 2 aliphatic rings. The number of fused-ring (bicyclic) bond motifs is 1. The molecule has 0 amide bonds. The van der Waals surface area contributed by atoms with Gasteiger partial charge in [0.15, 0.2) is 0 Å². The lowest BCUT2D eigenvalue weighted by atomic mass is 10.1. The first-order chi connectivity index (χ1) is 10.3. The molecule has 2 aliphatic heterocycles. The molecule has 0 saturated carbocycles. The van der Waals surface area contributed by atoms with Gasteiger partial charge in [-0.1, -0.05) is 0 Å². The molecule has 6 heteroatoms. The molecule has 3 heterocycles. The van der Waals surface area contributed by atoms with Crippen LogP contribution in [0, 0.1) is 0 Å². The number of rotatable bonds is 5. The number of anilines is 1. The molecule has 0 spiro atoms. The summed E-state index contributed by atoms with van der Waals surface area (Å²) >= 11 is 0. The third-order valence-electron chi connectivity index (χ3n) is 4.30. The van der Waals surface area contributed by atoms with Gasteiger partial charge in [0.1, 0.15) is 12.1 Å². The zero-order valence-electron chi connectivity index (χ0n) is 12.5. The Morgan fingerprint density at radius 3 is 2.90 bits per heavy atom. The lowest BCUT2D eigenvalue weighted by molar-refractivity contribution is 0.135. The fourth-order valence-corrected chi connectivity index (χ4v) is 3.17. The second-order valence-corrected chi connectivity index (χ2v) is 5.94. The maximum atomic E-state index is 10.2. The van der Waals surface area contributed by atoms with Gasteiger partial charge in [-0.3, -0.25) is 0 Å². The van der Waals surface area contributed by atoms with Crippen molar-refractivity contribution in [2.45, 2.75) is 31.8 Å². The van der Waals surface area contributed by atoms with Gasteiger partial charge in [0.25, 0.3) is 0 Å². The van der Waals surface area contributed by atoms with Crippen LogP contribution < -0.4 is 10.6 Å². The summed E-state index contributed by atoms with van der Waals surface area (Å²) in [4.78, 5) is 11.1. The fourth-order valence-electron chi connectivity index (χ4n) is 3.17. The molecule has 0 unspecified atom stereocenters. The highest BCUT2D eigenvalue weighted by atomic mass is 16.3. The third kappa shape index (κ3) is 3.90. The molecule has 3 N–H and O–H groups in total. The third-order valence-corrected chi connectivity index (χ3v) is 4.30. The molecule has 1 atom stereocenters. The lowest BCUT2D eigenvalue weighted by Crippen LogP contribution is -2.34. The normalized spacial score (nSPS) is 20.8. The first-order valence-electron chi connectivity index (χ1n) is 8.00. The molecule has 1 saturated heterocycles. The van der Waals surface area contributed by atoms with E-state index in [2.05, 4.69) is 25.5 Å². The Bertz CT molecular complexity index is 461. The van der Waals surface area contributed by atoms with Gasteiger partial charge in [0.2, 0.25) is 0 Å². The van der Waals surface area contributed by atoms with E-state index in [1.54, 1.807) is 6.33 Å². The fraction of sp³-hybridized carbons (Fsp3) is 0.733. The van der Waals surface area contributed by atoms with Crippen molar-refractivity contribution < 1.29 is 5.11 Å². The Hall–Kier alpha value is -1.24. The van der Waals surface area contributed by atoms with Crippen LogP contribution in [0.3, 0.4) is 0 Å². The van der Waals surface area contributed by atoms with Crippen molar-refractivity contribution in [3.8, 4) is 0 Å². The first-order valence-corrected chi connectivity index (χ1v) is 8.00. The second kappa shape index (κ2) is 7.15. The van der Waals surface area contributed by atoms with Crippen LogP contribution in [0.4, 0.5) is 5.82 Å². The number of aromatic nitrogens is 2. The number of aliphatic hydroxyl groups is 1. The van der Waals surface area contributed by atoms with Crippen molar-refractivity contribution >= 4 is 5.82 Å². The van der Waals surface area contributed by atoms with Gasteiger partial charge in [0, 0.05) is 31.6 Å². The topological polar surface area (TPSA) is 73.3 Å². The largest absolute Gasteiger partial charge is 0.390 e. The minimum atomic E-state index is -0.349. The van der Waals surface area contributed by atoms with E-state index in [0.29, 0.717) is 6.54 Å². The van der Waals surface area contributed by atoms with Crippen LogP contribution in [0.2, 0.25) is 0 Å². The van der Waals surface area contributed by atoms with E-state index >= 15 is 0 Å². The maximum absolute atomic E-state index is 10.2. The van der Waals surface area contributed by atoms with Gasteiger partial charge in [-0.25, -0.2) is 9.97 Å². The summed E-state index contributed by atoms with van der Waals surface area (Å²) in [6.45, 7) is 5.47. The van der Waals surface area contributed by atoms with E-state index in [1.807, 2.05) is 0 Å². The van der Waals surface area contributed by atoms with Crippen LogP contribution >= 0.6 is 0 Å². The number of nitrogens with zero attached hydrogens (tertiary/aromatic N) is 3. The molecule has 0 aliphatic carbocycles. The van der Waals surface area contributed by atoms with E-state index < -0.39 is 0 Å².